The topological polar surface area (TPSA) is 69.4 Å². The highest BCUT2D eigenvalue weighted by Crippen LogP contribution is 2.29. The maximum atomic E-state index is 11.3. The van der Waals surface area contributed by atoms with Crippen molar-refractivity contribution in [3.05, 3.63) is 28.2 Å². The van der Waals surface area contributed by atoms with Crippen LogP contribution in [0.5, 0.6) is 5.75 Å². The highest BCUT2D eigenvalue weighted by Gasteiger charge is 2.29. The van der Waals surface area contributed by atoms with Gasteiger partial charge in [0.05, 0.1) is 12.4 Å². The third-order valence-corrected chi connectivity index (χ3v) is 4.61. The molecular formula is C14H22BrNO3S. The fourth-order valence-corrected chi connectivity index (χ4v) is 3.25. The molecule has 6 heteroatoms. The van der Waals surface area contributed by atoms with Crippen molar-refractivity contribution in [2.24, 2.45) is 16.5 Å². The third-order valence-electron chi connectivity index (χ3n) is 3.25. The Morgan fingerprint density at radius 1 is 1.35 bits per heavy atom. The molecule has 1 aromatic carbocycles. The predicted octanol–water partition coefficient (Wildman–Crippen LogP) is 3.09. The van der Waals surface area contributed by atoms with E-state index < -0.39 is 10.0 Å². The van der Waals surface area contributed by atoms with Gasteiger partial charge in [-0.15, -0.1) is 0 Å². The van der Waals surface area contributed by atoms with Crippen molar-refractivity contribution in [1.82, 2.24) is 0 Å². The van der Waals surface area contributed by atoms with Crippen LogP contribution in [0, 0.1) is 18.3 Å². The fraction of sp³-hybridized carbons (Fsp3) is 0.571. The molecule has 0 spiro atoms. The molecule has 0 aliphatic rings. The summed E-state index contributed by atoms with van der Waals surface area (Å²) in [5, 5.41) is 5.17. The molecule has 0 radical (unpaired) electrons. The van der Waals surface area contributed by atoms with E-state index >= 15 is 0 Å². The van der Waals surface area contributed by atoms with Gasteiger partial charge in [-0.1, -0.05) is 42.8 Å². The molecule has 1 unspecified atom stereocenters. The number of nitrogens with two attached hydrogens (primary N) is 1. The number of rotatable bonds is 5. The molecule has 0 aliphatic carbocycles. The quantitative estimate of drug-likeness (QED) is 0.873. The van der Waals surface area contributed by atoms with Gasteiger partial charge in [-0.25, -0.2) is 13.6 Å². The van der Waals surface area contributed by atoms with Gasteiger partial charge < -0.3 is 4.74 Å². The molecular weight excluding hydrogens is 342 g/mol. The Morgan fingerprint density at radius 3 is 2.45 bits per heavy atom. The second-order valence-corrected chi connectivity index (χ2v) is 8.69. The summed E-state index contributed by atoms with van der Waals surface area (Å²) in [7, 11) is -3.52. The van der Waals surface area contributed by atoms with Crippen LogP contribution in [0.15, 0.2) is 22.7 Å². The average molecular weight is 364 g/mol. The first-order valence-corrected chi connectivity index (χ1v) is 8.89. The van der Waals surface area contributed by atoms with Gasteiger partial charge in [0.1, 0.15) is 5.75 Å². The van der Waals surface area contributed by atoms with Crippen LogP contribution in [0.2, 0.25) is 0 Å². The number of benzene rings is 1. The molecule has 0 saturated carbocycles. The zero-order chi connectivity index (χ0) is 15.6. The molecule has 0 saturated heterocycles. The van der Waals surface area contributed by atoms with E-state index in [4.69, 9.17) is 9.88 Å². The second kappa shape index (κ2) is 6.45. The van der Waals surface area contributed by atoms with Crippen LogP contribution in [-0.2, 0) is 10.0 Å². The van der Waals surface area contributed by atoms with Crippen molar-refractivity contribution in [2.75, 3.05) is 12.4 Å². The van der Waals surface area contributed by atoms with E-state index in [0.29, 0.717) is 6.61 Å². The van der Waals surface area contributed by atoms with Crippen LogP contribution < -0.4 is 9.88 Å². The van der Waals surface area contributed by atoms with E-state index in [-0.39, 0.29) is 17.1 Å². The Hall–Kier alpha value is -0.590. The lowest BCUT2D eigenvalue weighted by atomic mass is 9.82. The summed E-state index contributed by atoms with van der Waals surface area (Å²) < 4.78 is 29.4. The summed E-state index contributed by atoms with van der Waals surface area (Å²) in [5.74, 6) is 0.503. The van der Waals surface area contributed by atoms with Crippen LogP contribution in [0.1, 0.15) is 26.3 Å². The van der Waals surface area contributed by atoms with Crippen molar-refractivity contribution in [3.8, 4) is 5.75 Å². The molecule has 0 bridgehead atoms. The molecule has 1 atom stereocenters. The monoisotopic (exact) mass is 363 g/mol. The minimum Gasteiger partial charge on any atom is -0.493 e. The smallest absolute Gasteiger partial charge is 0.209 e. The first-order chi connectivity index (χ1) is 8.99. The highest BCUT2D eigenvalue weighted by molar-refractivity contribution is 9.10. The van der Waals surface area contributed by atoms with Crippen molar-refractivity contribution >= 4 is 26.0 Å². The Bertz CT molecular complexity index is 564. The molecule has 2 N–H and O–H groups in total. The standard InChI is InChI=1S/C14H22BrNO3S/c1-10-5-6-12(15)7-13(10)19-8-11(14(2,3)4)9-20(16,17)18/h5-7,11H,8-9H2,1-4H3,(H2,16,17,18). The minimum absolute atomic E-state index is 0.0798. The zero-order valence-electron chi connectivity index (χ0n) is 12.3. The van der Waals surface area contributed by atoms with Crippen LogP contribution in [-0.4, -0.2) is 20.8 Å². The van der Waals surface area contributed by atoms with Gasteiger partial charge in [0.25, 0.3) is 0 Å². The van der Waals surface area contributed by atoms with Crippen LogP contribution in [0.3, 0.4) is 0 Å². The maximum Gasteiger partial charge on any atom is 0.209 e. The Morgan fingerprint density at radius 2 is 1.95 bits per heavy atom. The number of hydrogen-bond acceptors (Lipinski definition) is 3. The summed E-state index contributed by atoms with van der Waals surface area (Å²) in [6, 6.07) is 5.77. The van der Waals surface area contributed by atoms with Gasteiger partial charge in [0.2, 0.25) is 10.0 Å². The Kier molecular flexibility index (Phi) is 5.63. The van der Waals surface area contributed by atoms with E-state index in [2.05, 4.69) is 15.9 Å². The molecule has 114 valence electrons. The van der Waals surface area contributed by atoms with Gasteiger partial charge in [-0.05, 0) is 30.0 Å². The van der Waals surface area contributed by atoms with Crippen molar-refractivity contribution in [3.63, 3.8) is 0 Å². The highest BCUT2D eigenvalue weighted by atomic mass is 79.9. The van der Waals surface area contributed by atoms with Gasteiger partial charge in [-0.2, -0.15) is 0 Å². The maximum absolute atomic E-state index is 11.3. The first kappa shape index (κ1) is 17.5. The van der Waals surface area contributed by atoms with E-state index in [1.165, 1.54) is 0 Å². The lowest BCUT2D eigenvalue weighted by molar-refractivity contribution is 0.162. The van der Waals surface area contributed by atoms with Crippen LogP contribution in [0.25, 0.3) is 0 Å². The van der Waals surface area contributed by atoms with Gasteiger partial charge in [0, 0.05) is 10.4 Å². The van der Waals surface area contributed by atoms with E-state index in [1.54, 1.807) is 0 Å². The van der Waals surface area contributed by atoms with Crippen molar-refractivity contribution < 1.29 is 13.2 Å². The van der Waals surface area contributed by atoms with Crippen LogP contribution in [0.4, 0.5) is 0 Å². The molecule has 0 aliphatic heterocycles. The van der Waals surface area contributed by atoms with Gasteiger partial charge >= 0.3 is 0 Å². The molecule has 4 nitrogen and oxygen atoms in total. The molecule has 0 fully saturated rings. The van der Waals surface area contributed by atoms with E-state index in [9.17, 15) is 8.42 Å². The van der Waals surface area contributed by atoms with Gasteiger partial charge in [-0.3, -0.25) is 0 Å². The number of ether oxygens (including phenoxy) is 1. The number of hydrogen-bond donors (Lipinski definition) is 1. The minimum atomic E-state index is -3.52. The molecule has 0 heterocycles. The Labute approximate surface area is 129 Å². The van der Waals surface area contributed by atoms with E-state index in [0.717, 1.165) is 15.8 Å². The summed E-state index contributed by atoms with van der Waals surface area (Å²) in [4.78, 5) is 0. The van der Waals surface area contributed by atoms with Crippen LogP contribution >= 0.6 is 15.9 Å². The average Bonchev–Trinajstić information content (AvgIpc) is 2.25. The summed E-state index contributed by atoms with van der Waals surface area (Å²) >= 11 is 3.40. The molecule has 0 aromatic heterocycles. The SMILES string of the molecule is Cc1ccc(Br)cc1OCC(CS(N)(=O)=O)C(C)(C)C. The summed E-state index contributed by atoms with van der Waals surface area (Å²) in [5.41, 5.74) is 0.809. The largest absolute Gasteiger partial charge is 0.493 e. The molecule has 0 amide bonds. The number of primary sulfonamides is 1. The first-order valence-electron chi connectivity index (χ1n) is 6.38. The molecule has 20 heavy (non-hydrogen) atoms. The second-order valence-electron chi connectivity index (χ2n) is 6.11. The summed E-state index contributed by atoms with van der Waals surface area (Å²) in [6.45, 7) is 8.23. The number of aryl methyl sites for hydroxylation is 1. The fourth-order valence-electron chi connectivity index (χ4n) is 1.75. The third kappa shape index (κ3) is 5.81. The lowest BCUT2D eigenvalue weighted by Crippen LogP contribution is -2.35. The summed E-state index contributed by atoms with van der Waals surface area (Å²) in [6.07, 6.45) is 0. The molecule has 1 aromatic rings. The normalized spacial score (nSPS) is 14.1. The Balaban J connectivity index is 2.84. The zero-order valence-corrected chi connectivity index (χ0v) is 14.7. The molecule has 1 rings (SSSR count). The van der Waals surface area contributed by atoms with Crippen molar-refractivity contribution in [1.29, 1.82) is 0 Å². The van der Waals surface area contributed by atoms with E-state index in [1.807, 2.05) is 45.9 Å². The predicted molar refractivity (Wildman–Crippen MR) is 85.3 cm³/mol. The van der Waals surface area contributed by atoms with Gasteiger partial charge in [0.15, 0.2) is 0 Å². The lowest BCUT2D eigenvalue weighted by Gasteiger charge is -2.30. The number of halogens is 1. The van der Waals surface area contributed by atoms with Crippen molar-refractivity contribution in [2.45, 2.75) is 27.7 Å². The number of sulfonamides is 1.